The summed E-state index contributed by atoms with van der Waals surface area (Å²) in [4.78, 5) is 0. The van der Waals surface area contributed by atoms with E-state index in [0.717, 1.165) is 17.5 Å². The van der Waals surface area contributed by atoms with E-state index < -0.39 is 12.2 Å². The van der Waals surface area contributed by atoms with Gasteiger partial charge in [0.2, 0.25) is 0 Å². The lowest BCUT2D eigenvalue weighted by Crippen LogP contribution is -2.37. The fraction of sp³-hybridized carbons (Fsp3) is 0.500. The van der Waals surface area contributed by atoms with Gasteiger partial charge in [0.1, 0.15) is 6.04 Å². The van der Waals surface area contributed by atoms with Crippen molar-refractivity contribution in [3.63, 3.8) is 0 Å². The van der Waals surface area contributed by atoms with E-state index in [1.807, 2.05) is 31.2 Å². The van der Waals surface area contributed by atoms with Gasteiger partial charge in [0, 0.05) is 0 Å². The molecule has 0 fully saturated rings. The van der Waals surface area contributed by atoms with E-state index in [-0.39, 0.29) is 6.42 Å². The third-order valence-electron chi connectivity index (χ3n) is 2.56. The highest BCUT2D eigenvalue weighted by atomic mass is 19.4. The number of aryl methyl sites for hydroxylation is 2. The summed E-state index contributed by atoms with van der Waals surface area (Å²) < 4.78 is 36.5. The number of nitrogens with two attached hydrogens (primary N) is 1. The zero-order valence-corrected chi connectivity index (χ0v) is 9.22. The van der Waals surface area contributed by atoms with Gasteiger partial charge < -0.3 is 5.73 Å². The summed E-state index contributed by atoms with van der Waals surface area (Å²) in [5.74, 6) is 0. The highest BCUT2D eigenvalue weighted by molar-refractivity contribution is 5.23. The monoisotopic (exact) mass is 231 g/mol. The molecule has 2 N–H and O–H groups in total. The average Bonchev–Trinajstić information content (AvgIpc) is 2.25. The molecule has 0 aliphatic rings. The number of benzene rings is 1. The first kappa shape index (κ1) is 13.0. The minimum absolute atomic E-state index is 0.0589. The fourth-order valence-electron chi connectivity index (χ4n) is 1.49. The minimum Gasteiger partial charge on any atom is -0.320 e. The highest BCUT2D eigenvalue weighted by Gasteiger charge is 2.35. The lowest BCUT2D eigenvalue weighted by Gasteiger charge is -2.15. The largest absolute Gasteiger partial charge is 0.403 e. The van der Waals surface area contributed by atoms with Crippen LogP contribution in [0.4, 0.5) is 13.2 Å². The van der Waals surface area contributed by atoms with Crippen molar-refractivity contribution in [2.75, 3.05) is 0 Å². The van der Waals surface area contributed by atoms with Crippen molar-refractivity contribution in [1.82, 2.24) is 0 Å². The standard InChI is InChI=1S/C12H16F3N/c1-2-9-4-3-5-10(8-9)6-7-11(16)12(13,14)15/h3-5,8,11H,2,6-7,16H2,1H3/t11-/m0/s1. The van der Waals surface area contributed by atoms with Crippen LogP contribution in [0, 0.1) is 0 Å². The zero-order valence-electron chi connectivity index (χ0n) is 9.22. The van der Waals surface area contributed by atoms with E-state index in [0.29, 0.717) is 6.42 Å². The summed E-state index contributed by atoms with van der Waals surface area (Å²) in [7, 11) is 0. The Kier molecular flexibility index (Phi) is 4.35. The molecule has 0 aromatic heterocycles. The Morgan fingerprint density at radius 3 is 2.44 bits per heavy atom. The second-order valence-corrected chi connectivity index (χ2v) is 3.86. The molecule has 0 saturated heterocycles. The normalized spacial score (nSPS) is 13.8. The summed E-state index contributed by atoms with van der Waals surface area (Å²) in [6.07, 6.45) is -3.09. The summed E-state index contributed by atoms with van der Waals surface area (Å²) in [5.41, 5.74) is 7.10. The van der Waals surface area contributed by atoms with E-state index >= 15 is 0 Å². The molecular formula is C12H16F3N. The Balaban J connectivity index is 2.54. The van der Waals surface area contributed by atoms with Gasteiger partial charge in [0.05, 0.1) is 0 Å². The van der Waals surface area contributed by atoms with E-state index in [9.17, 15) is 13.2 Å². The molecule has 0 unspecified atom stereocenters. The van der Waals surface area contributed by atoms with Crippen LogP contribution in [0.5, 0.6) is 0 Å². The molecule has 0 aliphatic heterocycles. The predicted molar refractivity (Wildman–Crippen MR) is 58.2 cm³/mol. The van der Waals surface area contributed by atoms with Crippen molar-refractivity contribution in [2.45, 2.75) is 38.4 Å². The van der Waals surface area contributed by atoms with Gasteiger partial charge in [0.25, 0.3) is 0 Å². The second-order valence-electron chi connectivity index (χ2n) is 3.86. The average molecular weight is 231 g/mol. The van der Waals surface area contributed by atoms with Gasteiger partial charge >= 0.3 is 6.18 Å². The molecule has 0 amide bonds. The minimum atomic E-state index is -4.29. The van der Waals surface area contributed by atoms with Crippen molar-refractivity contribution in [3.05, 3.63) is 35.4 Å². The summed E-state index contributed by atoms with van der Waals surface area (Å²) in [6.45, 7) is 2.01. The number of alkyl halides is 3. The number of halogens is 3. The molecule has 4 heteroatoms. The molecule has 90 valence electrons. The Morgan fingerprint density at radius 1 is 1.25 bits per heavy atom. The lowest BCUT2D eigenvalue weighted by molar-refractivity contribution is -0.148. The Labute approximate surface area is 93.5 Å². The quantitative estimate of drug-likeness (QED) is 0.846. The molecular weight excluding hydrogens is 215 g/mol. The first-order chi connectivity index (χ1) is 7.43. The molecule has 1 rings (SSSR count). The smallest absolute Gasteiger partial charge is 0.320 e. The fourth-order valence-corrected chi connectivity index (χ4v) is 1.49. The molecule has 1 atom stereocenters. The van der Waals surface area contributed by atoms with Gasteiger partial charge in [-0.1, -0.05) is 31.2 Å². The molecule has 0 aliphatic carbocycles. The van der Waals surface area contributed by atoms with Gasteiger partial charge in [0.15, 0.2) is 0 Å². The van der Waals surface area contributed by atoms with Crippen molar-refractivity contribution in [2.24, 2.45) is 5.73 Å². The van der Waals surface area contributed by atoms with Gasteiger partial charge in [-0.25, -0.2) is 0 Å². The summed E-state index contributed by atoms with van der Waals surface area (Å²) >= 11 is 0. The molecule has 1 aromatic rings. The topological polar surface area (TPSA) is 26.0 Å². The Morgan fingerprint density at radius 2 is 1.88 bits per heavy atom. The van der Waals surface area contributed by atoms with Gasteiger partial charge in [-0.3, -0.25) is 0 Å². The van der Waals surface area contributed by atoms with E-state index in [4.69, 9.17) is 5.73 Å². The summed E-state index contributed by atoms with van der Waals surface area (Å²) in [6, 6.07) is 5.88. The molecule has 0 saturated carbocycles. The maximum atomic E-state index is 12.2. The van der Waals surface area contributed by atoms with Gasteiger partial charge in [-0.05, 0) is 30.4 Å². The van der Waals surface area contributed by atoms with Crippen LogP contribution in [0.1, 0.15) is 24.5 Å². The van der Waals surface area contributed by atoms with E-state index in [1.165, 1.54) is 0 Å². The number of hydrogen-bond acceptors (Lipinski definition) is 1. The van der Waals surface area contributed by atoms with Crippen LogP contribution >= 0.6 is 0 Å². The maximum Gasteiger partial charge on any atom is 0.403 e. The Bertz CT molecular complexity index is 333. The van der Waals surface area contributed by atoms with Gasteiger partial charge in [-0.15, -0.1) is 0 Å². The van der Waals surface area contributed by atoms with Crippen LogP contribution in [0.25, 0.3) is 0 Å². The maximum absolute atomic E-state index is 12.2. The lowest BCUT2D eigenvalue weighted by atomic mass is 10.0. The highest BCUT2D eigenvalue weighted by Crippen LogP contribution is 2.22. The second kappa shape index (κ2) is 5.34. The molecule has 1 aromatic carbocycles. The Hall–Kier alpha value is -1.03. The SMILES string of the molecule is CCc1cccc(CC[C@H](N)C(F)(F)F)c1. The first-order valence-electron chi connectivity index (χ1n) is 5.33. The van der Waals surface area contributed by atoms with E-state index in [2.05, 4.69) is 0 Å². The predicted octanol–water partition coefficient (Wildman–Crippen LogP) is 3.07. The molecule has 0 heterocycles. The third kappa shape index (κ3) is 3.85. The number of hydrogen-bond donors (Lipinski definition) is 1. The molecule has 0 spiro atoms. The van der Waals surface area contributed by atoms with Crippen molar-refractivity contribution >= 4 is 0 Å². The van der Waals surface area contributed by atoms with Crippen molar-refractivity contribution < 1.29 is 13.2 Å². The van der Waals surface area contributed by atoms with Crippen LogP contribution in [-0.2, 0) is 12.8 Å². The van der Waals surface area contributed by atoms with Crippen molar-refractivity contribution in [1.29, 1.82) is 0 Å². The van der Waals surface area contributed by atoms with Crippen LogP contribution in [-0.4, -0.2) is 12.2 Å². The van der Waals surface area contributed by atoms with Crippen LogP contribution in [0.15, 0.2) is 24.3 Å². The molecule has 1 nitrogen and oxygen atoms in total. The molecule has 16 heavy (non-hydrogen) atoms. The zero-order chi connectivity index (χ0) is 12.2. The van der Waals surface area contributed by atoms with E-state index in [1.54, 1.807) is 0 Å². The molecule has 0 radical (unpaired) electrons. The van der Waals surface area contributed by atoms with Gasteiger partial charge in [-0.2, -0.15) is 13.2 Å². The van der Waals surface area contributed by atoms with Crippen LogP contribution in [0.3, 0.4) is 0 Å². The van der Waals surface area contributed by atoms with Crippen LogP contribution < -0.4 is 5.73 Å². The van der Waals surface area contributed by atoms with Crippen molar-refractivity contribution in [3.8, 4) is 0 Å². The third-order valence-corrected chi connectivity index (χ3v) is 2.56. The first-order valence-corrected chi connectivity index (χ1v) is 5.33. The summed E-state index contributed by atoms with van der Waals surface area (Å²) in [5, 5.41) is 0. The number of rotatable bonds is 4. The molecule has 0 bridgehead atoms. The van der Waals surface area contributed by atoms with Crippen LogP contribution in [0.2, 0.25) is 0 Å².